The van der Waals surface area contributed by atoms with Gasteiger partial charge in [0.2, 0.25) is 0 Å². The number of rotatable bonds is 11. The van der Waals surface area contributed by atoms with E-state index in [0.29, 0.717) is 30.0 Å². The average molecular weight is 481 g/mol. The number of sulfone groups is 1. The minimum atomic E-state index is -3.04. The zero-order valence-corrected chi connectivity index (χ0v) is 18.6. The second kappa shape index (κ2) is 11.6. The number of hydrogen-bond donors (Lipinski definition) is 4. The van der Waals surface area contributed by atoms with Crippen LogP contribution in [0, 0.1) is 11.3 Å². The van der Waals surface area contributed by atoms with Gasteiger partial charge in [0.15, 0.2) is 17.4 Å². The number of aliphatic hydroxyl groups is 1. The molecule has 1 fully saturated rings. The summed E-state index contributed by atoms with van der Waals surface area (Å²) in [6, 6.07) is 6.34. The van der Waals surface area contributed by atoms with Crippen molar-refractivity contribution < 1.29 is 27.5 Å². The van der Waals surface area contributed by atoms with Gasteiger partial charge in [0.1, 0.15) is 34.0 Å². The smallest absolute Gasteiger partial charge is 0.171 e. The van der Waals surface area contributed by atoms with Crippen molar-refractivity contribution in [3.8, 4) is 11.8 Å². The minimum Gasteiger partial charge on any atom is -0.487 e. The zero-order valence-electron chi connectivity index (χ0n) is 17.8. The fourth-order valence-corrected chi connectivity index (χ4v) is 4.63. The number of aliphatic hydroxyl groups excluding tert-OH is 1. The number of pyridine rings is 2. The number of nitrogens with zero attached hydrogens (tertiary/aromatic N) is 3. The van der Waals surface area contributed by atoms with Crippen LogP contribution in [0.5, 0.6) is 5.75 Å². The highest BCUT2D eigenvalue weighted by atomic mass is 32.2. The van der Waals surface area contributed by atoms with E-state index >= 15 is 0 Å². The van der Waals surface area contributed by atoms with Crippen LogP contribution in [-0.2, 0) is 14.6 Å². The van der Waals surface area contributed by atoms with Gasteiger partial charge in [-0.2, -0.15) is 5.26 Å². The Labute approximate surface area is 190 Å². The number of hydrogen-bond acceptors (Lipinski definition) is 11. The number of nitrogens with one attached hydrogen (secondary N) is 3. The first-order valence-electron chi connectivity index (χ1n) is 10.3. The molecule has 0 aliphatic carbocycles. The van der Waals surface area contributed by atoms with Crippen molar-refractivity contribution in [2.24, 2.45) is 0 Å². The summed E-state index contributed by atoms with van der Waals surface area (Å²) in [5.41, 5.74) is 1.94. The molecule has 0 saturated carbocycles. The highest BCUT2D eigenvalue weighted by molar-refractivity contribution is 7.91. The van der Waals surface area contributed by atoms with Gasteiger partial charge in [-0.3, -0.25) is 0 Å². The fourth-order valence-electron chi connectivity index (χ4n) is 3.14. The summed E-state index contributed by atoms with van der Waals surface area (Å²) < 4.78 is 47.9. The Kier molecular flexibility index (Phi) is 8.58. The predicted molar refractivity (Wildman–Crippen MR) is 120 cm³/mol. The van der Waals surface area contributed by atoms with Crippen LogP contribution in [-0.4, -0.2) is 67.5 Å². The average Bonchev–Trinajstić information content (AvgIpc) is 2.82. The lowest BCUT2D eigenvalue weighted by Crippen LogP contribution is -2.32. The van der Waals surface area contributed by atoms with E-state index in [1.807, 2.05) is 6.07 Å². The molecule has 3 heterocycles. The molecule has 4 N–H and O–H groups in total. The highest BCUT2D eigenvalue weighted by Gasteiger charge is 2.25. The molecule has 0 spiro atoms. The van der Waals surface area contributed by atoms with E-state index in [1.165, 1.54) is 12.3 Å². The molecular formula is C20H25FN6O5S. The Morgan fingerprint density at radius 1 is 1.21 bits per heavy atom. The van der Waals surface area contributed by atoms with Crippen molar-refractivity contribution in [2.45, 2.75) is 18.9 Å². The predicted octanol–water partition coefficient (Wildman–Crippen LogP) is 1.77. The van der Waals surface area contributed by atoms with Gasteiger partial charge in [-0.05, 0) is 25.0 Å². The van der Waals surface area contributed by atoms with Crippen molar-refractivity contribution >= 4 is 33.0 Å². The van der Waals surface area contributed by atoms with Gasteiger partial charge >= 0.3 is 0 Å². The molecule has 0 radical (unpaired) electrons. The monoisotopic (exact) mass is 480 g/mol. The van der Waals surface area contributed by atoms with Crippen molar-refractivity contribution in [1.82, 2.24) is 9.97 Å². The molecule has 1 saturated heterocycles. The van der Waals surface area contributed by atoms with Crippen molar-refractivity contribution in [2.75, 3.05) is 54.1 Å². The van der Waals surface area contributed by atoms with E-state index in [4.69, 9.17) is 19.8 Å². The van der Waals surface area contributed by atoms with Crippen LogP contribution < -0.4 is 20.9 Å². The molecule has 33 heavy (non-hydrogen) atoms. The lowest BCUT2D eigenvalue weighted by Gasteiger charge is -2.25. The summed E-state index contributed by atoms with van der Waals surface area (Å²) in [5, 5.41) is 23.8. The van der Waals surface area contributed by atoms with Crippen molar-refractivity contribution in [3.05, 3.63) is 30.0 Å². The lowest BCUT2D eigenvalue weighted by atomic mass is 10.1. The van der Waals surface area contributed by atoms with Crippen LogP contribution in [0.4, 0.5) is 27.6 Å². The summed E-state index contributed by atoms with van der Waals surface area (Å²) in [5.74, 6) is 1.15. The van der Waals surface area contributed by atoms with E-state index in [1.54, 1.807) is 17.7 Å². The van der Waals surface area contributed by atoms with Gasteiger partial charge in [0, 0.05) is 18.3 Å². The Morgan fingerprint density at radius 3 is 2.64 bits per heavy atom. The maximum atomic E-state index is 13.6. The van der Waals surface area contributed by atoms with E-state index in [2.05, 4.69) is 20.6 Å². The second-order valence-corrected chi connectivity index (χ2v) is 9.55. The highest BCUT2D eigenvalue weighted by Crippen LogP contribution is 2.34. The van der Waals surface area contributed by atoms with Crippen LogP contribution >= 0.6 is 0 Å². The molecule has 1 aliphatic rings. The molecule has 2 aromatic rings. The summed E-state index contributed by atoms with van der Waals surface area (Å²) in [4.78, 5) is 8.54. The fraction of sp³-hybridized carbons (Fsp3) is 0.450. The van der Waals surface area contributed by atoms with E-state index < -0.39 is 9.84 Å². The molecule has 0 unspecified atom stereocenters. The molecule has 1 aliphatic heterocycles. The summed E-state index contributed by atoms with van der Waals surface area (Å²) in [6.07, 6.45) is 2.19. The lowest BCUT2D eigenvalue weighted by molar-refractivity contribution is 0.0706. The van der Waals surface area contributed by atoms with Gasteiger partial charge in [-0.1, -0.05) is 0 Å². The molecule has 11 nitrogen and oxygen atoms in total. The number of anilines is 4. The molecule has 3 rings (SSSR count). The maximum absolute atomic E-state index is 13.6. The second-order valence-electron chi connectivity index (χ2n) is 7.25. The standard InChI is InChI=1S/C20H25FN6O5S/c21-27-16-11-17(32-8-7-31-6-5-28)20(24-15-3-9-33(29,30)10-4-15)26-19(16)25-18-2-1-14(12-22)13-23-18/h1-2,11,13,15,27-28H,3-10H2,(H2,23,24,25,26). The van der Waals surface area contributed by atoms with E-state index in [9.17, 15) is 12.9 Å². The molecule has 2 aromatic heterocycles. The van der Waals surface area contributed by atoms with Crippen LogP contribution in [0.3, 0.4) is 0 Å². The summed E-state index contributed by atoms with van der Waals surface area (Å²) >= 11 is 0. The quantitative estimate of drug-likeness (QED) is 0.274. The van der Waals surface area contributed by atoms with Gasteiger partial charge in [-0.25, -0.2) is 23.9 Å². The van der Waals surface area contributed by atoms with Crippen LogP contribution in [0.25, 0.3) is 0 Å². The number of ether oxygens (including phenoxy) is 2. The van der Waals surface area contributed by atoms with Crippen molar-refractivity contribution in [3.63, 3.8) is 0 Å². The molecular weight excluding hydrogens is 455 g/mol. The Bertz CT molecular complexity index is 1060. The number of nitriles is 1. The van der Waals surface area contributed by atoms with Crippen molar-refractivity contribution in [1.29, 1.82) is 5.26 Å². The molecule has 13 heteroatoms. The summed E-state index contributed by atoms with van der Waals surface area (Å²) in [7, 11) is -3.04. The molecule has 0 bridgehead atoms. The topological polar surface area (TPSA) is 158 Å². The van der Waals surface area contributed by atoms with Gasteiger partial charge < -0.3 is 25.2 Å². The first kappa shape index (κ1) is 24.4. The maximum Gasteiger partial charge on any atom is 0.171 e. The third-order valence-electron chi connectivity index (χ3n) is 4.84. The Morgan fingerprint density at radius 2 is 2.00 bits per heavy atom. The van der Waals surface area contributed by atoms with Gasteiger partial charge in [-0.15, -0.1) is 4.48 Å². The van der Waals surface area contributed by atoms with E-state index in [-0.39, 0.29) is 61.2 Å². The van der Waals surface area contributed by atoms with Crippen LogP contribution in [0.15, 0.2) is 24.4 Å². The Balaban J connectivity index is 1.83. The summed E-state index contributed by atoms with van der Waals surface area (Å²) in [6.45, 7) is 0.389. The normalized spacial score (nSPS) is 15.4. The zero-order chi connectivity index (χ0) is 23.7. The van der Waals surface area contributed by atoms with Crippen LogP contribution in [0.1, 0.15) is 18.4 Å². The SMILES string of the molecule is N#Cc1ccc(Nc2nc(NC3CCS(=O)(=O)CC3)c(OCCOCCO)cc2NF)nc1. The minimum absolute atomic E-state index is 0.00999. The Hall–Kier alpha value is -3.21. The molecule has 0 atom stereocenters. The first-order chi connectivity index (χ1) is 15.9. The van der Waals surface area contributed by atoms with E-state index in [0.717, 1.165) is 0 Å². The largest absolute Gasteiger partial charge is 0.487 e. The molecule has 0 aromatic carbocycles. The third kappa shape index (κ3) is 7.14. The number of halogens is 1. The van der Waals surface area contributed by atoms with Gasteiger partial charge in [0.05, 0.1) is 36.9 Å². The van der Waals surface area contributed by atoms with Gasteiger partial charge in [0.25, 0.3) is 0 Å². The third-order valence-corrected chi connectivity index (χ3v) is 6.56. The molecule has 0 amide bonds. The molecule has 178 valence electrons. The van der Waals surface area contributed by atoms with Crippen LogP contribution in [0.2, 0.25) is 0 Å². The number of aromatic nitrogens is 2. The first-order valence-corrected chi connectivity index (χ1v) is 12.1.